The smallest absolute Gasteiger partial charge is 0.298 e. The normalized spacial score (nSPS) is 16.1. The Hall–Kier alpha value is -2.44. The number of carbonyl (C=O) groups is 2. The van der Waals surface area contributed by atoms with E-state index >= 15 is 0 Å². The van der Waals surface area contributed by atoms with Gasteiger partial charge in [0.15, 0.2) is 11.5 Å². The lowest BCUT2D eigenvalue weighted by Gasteiger charge is -2.12. The van der Waals surface area contributed by atoms with Crippen LogP contribution < -0.4 is 9.64 Å². The van der Waals surface area contributed by atoms with Crippen molar-refractivity contribution in [2.75, 3.05) is 12.0 Å². The van der Waals surface area contributed by atoms with Gasteiger partial charge in [-0.3, -0.25) is 9.59 Å². The third-order valence-electron chi connectivity index (χ3n) is 3.40. The topological polar surface area (TPSA) is 66.8 Å². The van der Waals surface area contributed by atoms with Gasteiger partial charge in [0.05, 0.1) is 17.7 Å². The van der Waals surface area contributed by atoms with E-state index in [9.17, 15) is 14.7 Å². The summed E-state index contributed by atoms with van der Waals surface area (Å²) in [7, 11) is 1.44. The molecule has 3 rings (SSSR count). The molecule has 0 bridgehead atoms. The van der Waals surface area contributed by atoms with Crippen LogP contribution in [0.3, 0.4) is 0 Å². The molecule has 0 saturated carbocycles. The number of hydrogen-bond donors (Lipinski definition) is 1. The van der Waals surface area contributed by atoms with Crippen LogP contribution in [0.4, 0.5) is 10.5 Å². The van der Waals surface area contributed by atoms with Crippen LogP contribution in [0.1, 0.15) is 5.56 Å². The first-order valence-electron chi connectivity index (χ1n) is 6.91. The molecule has 1 fully saturated rings. The van der Waals surface area contributed by atoms with Gasteiger partial charge in [-0.1, -0.05) is 29.8 Å². The summed E-state index contributed by atoms with van der Waals surface area (Å²) >= 11 is 6.72. The van der Waals surface area contributed by atoms with E-state index in [0.717, 1.165) is 16.7 Å². The minimum absolute atomic E-state index is 0.0884. The number of amides is 2. The van der Waals surface area contributed by atoms with Gasteiger partial charge in [0, 0.05) is 10.6 Å². The number of aromatic hydroxyl groups is 1. The molecule has 122 valence electrons. The Kier molecular flexibility index (Phi) is 4.51. The SMILES string of the molecule is COc1cccc(/C=C2\SC(=O)N(c3cccc(Cl)c3)C2=O)c1O. The summed E-state index contributed by atoms with van der Waals surface area (Å²) in [4.78, 5) is 26.0. The average molecular weight is 362 g/mol. The molecule has 1 saturated heterocycles. The summed E-state index contributed by atoms with van der Waals surface area (Å²) in [6, 6.07) is 11.4. The van der Waals surface area contributed by atoms with E-state index in [0.29, 0.717) is 16.3 Å². The highest BCUT2D eigenvalue weighted by Gasteiger charge is 2.36. The molecule has 1 heterocycles. The molecule has 0 radical (unpaired) electrons. The van der Waals surface area contributed by atoms with Crippen molar-refractivity contribution in [3.63, 3.8) is 0 Å². The van der Waals surface area contributed by atoms with Crippen LogP contribution in [0.5, 0.6) is 11.5 Å². The zero-order valence-electron chi connectivity index (χ0n) is 12.5. The summed E-state index contributed by atoms with van der Waals surface area (Å²) in [5, 5.41) is 10.1. The second kappa shape index (κ2) is 6.59. The Bertz CT molecular complexity index is 865. The molecule has 0 aromatic heterocycles. The first kappa shape index (κ1) is 16.4. The Morgan fingerprint density at radius 2 is 1.96 bits per heavy atom. The zero-order chi connectivity index (χ0) is 17.3. The van der Waals surface area contributed by atoms with Crippen LogP contribution in [0.2, 0.25) is 5.02 Å². The van der Waals surface area contributed by atoms with Gasteiger partial charge in [-0.05, 0) is 42.1 Å². The van der Waals surface area contributed by atoms with E-state index in [1.54, 1.807) is 42.5 Å². The molecule has 5 nitrogen and oxygen atoms in total. The van der Waals surface area contributed by atoms with E-state index in [4.69, 9.17) is 16.3 Å². The number of ether oxygens (including phenoxy) is 1. The van der Waals surface area contributed by atoms with Gasteiger partial charge < -0.3 is 9.84 Å². The van der Waals surface area contributed by atoms with Gasteiger partial charge in [0.1, 0.15) is 0 Å². The van der Waals surface area contributed by atoms with E-state index in [-0.39, 0.29) is 16.4 Å². The Balaban J connectivity index is 1.97. The lowest BCUT2D eigenvalue weighted by Crippen LogP contribution is -2.27. The summed E-state index contributed by atoms with van der Waals surface area (Å²) < 4.78 is 5.04. The number of thioether (sulfide) groups is 1. The summed E-state index contributed by atoms with van der Waals surface area (Å²) in [5.74, 6) is -0.262. The highest BCUT2D eigenvalue weighted by Crippen LogP contribution is 2.38. The van der Waals surface area contributed by atoms with Gasteiger partial charge in [-0.25, -0.2) is 4.90 Å². The van der Waals surface area contributed by atoms with E-state index in [2.05, 4.69) is 0 Å². The van der Waals surface area contributed by atoms with Gasteiger partial charge in [0.2, 0.25) is 0 Å². The summed E-state index contributed by atoms with van der Waals surface area (Å²) in [5.41, 5.74) is 0.800. The summed E-state index contributed by atoms with van der Waals surface area (Å²) in [6.07, 6.45) is 1.47. The van der Waals surface area contributed by atoms with E-state index < -0.39 is 11.1 Å². The van der Waals surface area contributed by atoms with Crippen LogP contribution in [-0.2, 0) is 4.79 Å². The third kappa shape index (κ3) is 2.98. The van der Waals surface area contributed by atoms with Crippen LogP contribution >= 0.6 is 23.4 Å². The fourth-order valence-corrected chi connectivity index (χ4v) is 3.28. The molecule has 1 N–H and O–H groups in total. The van der Waals surface area contributed by atoms with Crippen molar-refractivity contribution in [3.8, 4) is 11.5 Å². The number of phenols is 1. The summed E-state index contributed by atoms with van der Waals surface area (Å²) in [6.45, 7) is 0. The van der Waals surface area contributed by atoms with Crippen molar-refractivity contribution in [1.29, 1.82) is 0 Å². The minimum Gasteiger partial charge on any atom is -0.504 e. The minimum atomic E-state index is -0.463. The maximum absolute atomic E-state index is 12.6. The largest absolute Gasteiger partial charge is 0.504 e. The number of phenolic OH excluding ortho intramolecular Hbond substituents is 1. The van der Waals surface area contributed by atoms with Crippen molar-refractivity contribution in [1.82, 2.24) is 0 Å². The highest BCUT2D eigenvalue weighted by molar-refractivity contribution is 8.19. The first-order valence-corrected chi connectivity index (χ1v) is 8.10. The van der Waals surface area contributed by atoms with Gasteiger partial charge in [0.25, 0.3) is 11.1 Å². The third-order valence-corrected chi connectivity index (χ3v) is 4.50. The molecule has 2 aromatic rings. The molecular formula is C17H12ClNO4S. The molecule has 0 unspecified atom stereocenters. The van der Waals surface area contributed by atoms with Crippen molar-refractivity contribution < 1.29 is 19.4 Å². The van der Waals surface area contributed by atoms with Crippen molar-refractivity contribution in [2.45, 2.75) is 0 Å². The number of carbonyl (C=O) groups excluding carboxylic acids is 2. The Labute approximate surface area is 147 Å². The number of rotatable bonds is 3. The molecule has 1 aliphatic heterocycles. The molecule has 0 atom stereocenters. The molecule has 0 spiro atoms. The van der Waals surface area contributed by atoms with Crippen molar-refractivity contribution >= 4 is 46.3 Å². The quantitative estimate of drug-likeness (QED) is 0.826. The predicted molar refractivity (Wildman–Crippen MR) is 94.6 cm³/mol. The number of hydrogen-bond acceptors (Lipinski definition) is 5. The number of methoxy groups -OCH3 is 1. The van der Waals surface area contributed by atoms with Gasteiger partial charge >= 0.3 is 0 Å². The first-order chi connectivity index (χ1) is 11.5. The van der Waals surface area contributed by atoms with Crippen LogP contribution in [0.15, 0.2) is 47.4 Å². The van der Waals surface area contributed by atoms with Gasteiger partial charge in [-0.15, -0.1) is 0 Å². The van der Waals surface area contributed by atoms with Crippen molar-refractivity contribution in [2.24, 2.45) is 0 Å². The lowest BCUT2D eigenvalue weighted by atomic mass is 10.1. The number of imide groups is 1. The fraction of sp³-hybridized carbons (Fsp3) is 0.0588. The monoisotopic (exact) mass is 361 g/mol. The fourth-order valence-electron chi connectivity index (χ4n) is 2.27. The number of benzene rings is 2. The average Bonchev–Trinajstić information content (AvgIpc) is 2.83. The number of para-hydroxylation sites is 1. The molecule has 2 amide bonds. The second-order valence-electron chi connectivity index (χ2n) is 4.90. The molecular weight excluding hydrogens is 350 g/mol. The molecule has 7 heteroatoms. The molecule has 1 aliphatic rings. The maximum Gasteiger partial charge on any atom is 0.298 e. The maximum atomic E-state index is 12.6. The molecule has 2 aromatic carbocycles. The zero-order valence-corrected chi connectivity index (χ0v) is 14.1. The van der Waals surface area contributed by atoms with Crippen LogP contribution in [0.25, 0.3) is 6.08 Å². The van der Waals surface area contributed by atoms with E-state index in [1.807, 2.05) is 0 Å². The highest BCUT2D eigenvalue weighted by atomic mass is 35.5. The number of anilines is 1. The van der Waals surface area contributed by atoms with Crippen LogP contribution in [0, 0.1) is 0 Å². The second-order valence-corrected chi connectivity index (χ2v) is 6.32. The standard InChI is InChI=1S/C17H12ClNO4S/c1-23-13-7-2-4-10(15(13)20)8-14-16(21)19(17(22)24-14)12-6-3-5-11(18)9-12/h2-9,20H,1H3/b14-8-. The molecule has 0 aliphatic carbocycles. The van der Waals surface area contributed by atoms with Crippen LogP contribution in [-0.4, -0.2) is 23.4 Å². The Morgan fingerprint density at radius 3 is 2.67 bits per heavy atom. The van der Waals surface area contributed by atoms with Gasteiger partial charge in [-0.2, -0.15) is 0 Å². The van der Waals surface area contributed by atoms with Crippen molar-refractivity contribution in [3.05, 3.63) is 58.0 Å². The molecule has 24 heavy (non-hydrogen) atoms. The number of nitrogens with zero attached hydrogens (tertiary/aromatic N) is 1. The predicted octanol–water partition coefficient (Wildman–Crippen LogP) is 4.30. The lowest BCUT2D eigenvalue weighted by molar-refractivity contribution is -0.113. The number of halogens is 1. The Morgan fingerprint density at radius 1 is 1.21 bits per heavy atom. The van der Waals surface area contributed by atoms with E-state index in [1.165, 1.54) is 13.2 Å².